The van der Waals surface area contributed by atoms with E-state index in [2.05, 4.69) is 119 Å². The van der Waals surface area contributed by atoms with E-state index in [9.17, 15) is 0 Å². The Hall–Kier alpha value is -2.93. The maximum Gasteiger partial charge on any atom is 0.0720 e. The van der Waals surface area contributed by atoms with E-state index in [1.165, 1.54) is 33.4 Å². The van der Waals surface area contributed by atoms with Gasteiger partial charge in [0.25, 0.3) is 0 Å². The summed E-state index contributed by atoms with van der Waals surface area (Å²) < 4.78 is 0. The number of aryl methyl sites for hydroxylation is 1. The maximum atomic E-state index is 5.51. The molecular weight excluding hydrogens is 492 g/mol. The molecule has 2 rings (SSSR count). The molecule has 1 unspecified atom stereocenters. The van der Waals surface area contributed by atoms with Crippen LogP contribution in [0.15, 0.2) is 79.5 Å². The number of thiocarbonyl (C=S) groups is 1. The number of hydrogen-bond acceptors (Lipinski definition) is 3. The zero-order chi connectivity index (χ0) is 31.6. The van der Waals surface area contributed by atoms with Gasteiger partial charge in [0, 0.05) is 17.1 Å². The summed E-state index contributed by atoms with van der Waals surface area (Å²) in [6.07, 6.45) is 6.68. The van der Waals surface area contributed by atoms with Gasteiger partial charge < -0.3 is 10.6 Å². The number of hydrogen-bond donors (Lipinski definition) is 2. The fourth-order valence-corrected chi connectivity index (χ4v) is 3.10. The molecule has 1 atom stereocenters. The van der Waals surface area contributed by atoms with Crippen LogP contribution in [-0.4, -0.2) is 11.9 Å². The maximum absolute atomic E-state index is 5.51. The van der Waals surface area contributed by atoms with Crippen LogP contribution < -0.4 is 10.6 Å². The van der Waals surface area contributed by atoms with Gasteiger partial charge in [0.05, 0.1) is 5.54 Å². The third-order valence-corrected chi connectivity index (χ3v) is 5.79. The van der Waals surface area contributed by atoms with Crippen LogP contribution in [0.25, 0.3) is 11.1 Å². The third-order valence-electron chi connectivity index (χ3n) is 5.38. The van der Waals surface area contributed by atoms with Crippen LogP contribution in [0.2, 0.25) is 0 Å². The molecule has 2 aromatic rings. The lowest BCUT2D eigenvalue weighted by molar-refractivity contribution is 0.547. The molecule has 0 saturated carbocycles. The Morgan fingerprint density at radius 2 is 1.51 bits per heavy atom. The Bertz CT molecular complexity index is 1010. The summed E-state index contributed by atoms with van der Waals surface area (Å²) in [5.74, 6) is 2.25. The molecule has 39 heavy (non-hydrogen) atoms. The smallest absolute Gasteiger partial charge is 0.0720 e. The molecule has 0 spiro atoms. The number of allylic oxidation sites excluding steroid dienone is 3. The minimum Gasteiger partial charge on any atom is -0.385 e. The Labute approximate surface area is 249 Å². The van der Waals surface area contributed by atoms with E-state index in [1.807, 2.05) is 55.5 Å². The number of nitrogens with one attached hydrogen (secondary N) is 2. The topological polar surface area (TPSA) is 24.1 Å². The lowest BCUT2D eigenvalue weighted by Crippen LogP contribution is -2.42. The van der Waals surface area contributed by atoms with Crippen molar-refractivity contribution < 1.29 is 0 Å². The molecule has 2 aromatic carbocycles. The summed E-state index contributed by atoms with van der Waals surface area (Å²) in [6.45, 7) is 34.8. The molecule has 218 valence electrons. The molecule has 0 radical (unpaired) electrons. The zero-order valence-corrected chi connectivity index (χ0v) is 28.2. The Balaban J connectivity index is -0.000000369. The Morgan fingerprint density at radius 1 is 1.03 bits per heavy atom. The molecule has 0 heterocycles. The molecule has 0 amide bonds. The summed E-state index contributed by atoms with van der Waals surface area (Å²) >= 11 is 5.51. The van der Waals surface area contributed by atoms with E-state index >= 15 is 0 Å². The molecule has 0 aliphatic heterocycles. The molecule has 2 nitrogen and oxygen atoms in total. The lowest BCUT2D eigenvalue weighted by Gasteiger charge is -2.30. The van der Waals surface area contributed by atoms with Crippen LogP contribution in [-0.2, 0) is 12.1 Å². The van der Waals surface area contributed by atoms with Crippen LogP contribution in [0, 0.1) is 19.3 Å². The molecule has 2 N–H and O–H groups in total. The monoisotopic (exact) mass is 550 g/mol. The molecule has 0 aliphatic carbocycles. The van der Waals surface area contributed by atoms with Crippen molar-refractivity contribution in [2.75, 3.05) is 7.05 Å². The van der Waals surface area contributed by atoms with Gasteiger partial charge in [-0.15, -0.1) is 25.5 Å². The fourth-order valence-electron chi connectivity index (χ4n) is 2.88. The van der Waals surface area contributed by atoms with Crippen LogP contribution in [0.3, 0.4) is 0 Å². The zero-order valence-electron chi connectivity index (χ0n) is 27.4. The largest absolute Gasteiger partial charge is 0.385 e. The van der Waals surface area contributed by atoms with Crippen molar-refractivity contribution in [3.05, 3.63) is 96.2 Å². The van der Waals surface area contributed by atoms with E-state index in [-0.39, 0.29) is 5.54 Å². The number of benzene rings is 2. The van der Waals surface area contributed by atoms with E-state index < -0.39 is 0 Å². The minimum absolute atomic E-state index is 0.314. The van der Waals surface area contributed by atoms with Gasteiger partial charge in [-0.05, 0) is 90.8 Å². The molecule has 0 bridgehead atoms. The highest BCUT2D eigenvalue weighted by Gasteiger charge is 2.27. The fraction of sp³-hybridized carbons (Fsp3) is 0.417. The number of terminal acetylenes is 1. The minimum atomic E-state index is -0.314. The molecule has 0 aliphatic rings. The van der Waals surface area contributed by atoms with Crippen molar-refractivity contribution in [2.45, 2.75) is 95.2 Å². The van der Waals surface area contributed by atoms with E-state index in [4.69, 9.17) is 12.2 Å². The summed E-state index contributed by atoms with van der Waals surface area (Å²) in [4.78, 5) is 0.931. The average molecular weight is 551 g/mol. The molecule has 0 saturated heterocycles. The second-order valence-electron chi connectivity index (χ2n) is 8.46. The van der Waals surface area contributed by atoms with Crippen molar-refractivity contribution >= 4 is 17.1 Å². The SMILES string of the molecule is C#CC.C=C.C=C(C)NCc1ccc(C)cc1-c1cccc(C(C)(NC)C(C)=S)c1.CC.CC.CC=C(C)C. The first-order chi connectivity index (χ1) is 18.5. The van der Waals surface area contributed by atoms with Crippen LogP contribution in [0.5, 0.6) is 0 Å². The first-order valence-corrected chi connectivity index (χ1v) is 14.1. The highest BCUT2D eigenvalue weighted by molar-refractivity contribution is 7.80. The van der Waals surface area contributed by atoms with Gasteiger partial charge in [0.15, 0.2) is 0 Å². The van der Waals surface area contributed by atoms with Crippen molar-refractivity contribution in [3.63, 3.8) is 0 Å². The first-order valence-electron chi connectivity index (χ1n) is 13.7. The summed E-state index contributed by atoms with van der Waals surface area (Å²) in [6, 6.07) is 15.2. The Kier molecular flexibility index (Phi) is 29.5. The number of rotatable bonds is 7. The van der Waals surface area contributed by atoms with E-state index in [0.29, 0.717) is 0 Å². The van der Waals surface area contributed by atoms with Crippen molar-refractivity contribution in [2.24, 2.45) is 0 Å². The quantitative estimate of drug-likeness (QED) is 0.204. The molecule has 3 heteroatoms. The van der Waals surface area contributed by atoms with Gasteiger partial charge in [0.2, 0.25) is 0 Å². The van der Waals surface area contributed by atoms with Gasteiger partial charge in [-0.1, -0.05) is 100 Å². The standard InChI is InChI=1S/C22H28N2S.C5H10.C3H4.2C2H6.C2H4/c1-15(2)24-14-19-11-10-16(3)12-21(19)18-8-7-9-20(13-18)22(5,23-6)17(4)25;1-4-5(2)3;1-3-2;3*1-2/h7-13,23-24H,1,14H2,2-6H3;4H,1-3H3;1H,2H3;2*1-2H3;1-2H2. The normalized spacial score (nSPS) is 9.95. The second-order valence-corrected chi connectivity index (χ2v) is 9.07. The highest BCUT2D eigenvalue weighted by Crippen LogP contribution is 2.30. The van der Waals surface area contributed by atoms with E-state index in [0.717, 1.165) is 17.1 Å². The van der Waals surface area contributed by atoms with Crippen LogP contribution in [0.1, 0.15) is 92.9 Å². The van der Waals surface area contributed by atoms with E-state index in [1.54, 1.807) is 6.92 Å². The van der Waals surface area contributed by atoms with Crippen molar-refractivity contribution in [1.82, 2.24) is 10.6 Å². The molecule has 0 fully saturated rings. The molecular formula is C36H58N2S. The summed E-state index contributed by atoms with van der Waals surface area (Å²) in [5, 5.41) is 6.71. The Morgan fingerprint density at radius 3 is 1.90 bits per heavy atom. The summed E-state index contributed by atoms with van der Waals surface area (Å²) in [5.41, 5.74) is 8.18. The van der Waals surface area contributed by atoms with Gasteiger partial charge in [-0.2, -0.15) is 0 Å². The predicted molar refractivity (Wildman–Crippen MR) is 187 cm³/mol. The summed E-state index contributed by atoms with van der Waals surface area (Å²) in [7, 11) is 1.96. The average Bonchev–Trinajstić information content (AvgIpc) is 2.95. The lowest BCUT2D eigenvalue weighted by atomic mass is 9.86. The highest BCUT2D eigenvalue weighted by atomic mass is 32.1. The second kappa shape index (κ2) is 26.7. The van der Waals surface area contributed by atoms with Crippen LogP contribution in [0.4, 0.5) is 0 Å². The van der Waals surface area contributed by atoms with Crippen molar-refractivity contribution in [3.8, 4) is 23.5 Å². The predicted octanol–water partition coefficient (Wildman–Crippen LogP) is 10.6. The molecule has 0 aromatic heterocycles. The van der Waals surface area contributed by atoms with Crippen LogP contribution >= 0.6 is 12.2 Å². The van der Waals surface area contributed by atoms with Crippen molar-refractivity contribution in [1.29, 1.82) is 0 Å². The third kappa shape index (κ3) is 18.1. The van der Waals surface area contributed by atoms with Gasteiger partial charge in [-0.3, -0.25) is 0 Å². The first kappa shape index (κ1) is 43.1. The van der Waals surface area contributed by atoms with Gasteiger partial charge >= 0.3 is 0 Å². The van der Waals surface area contributed by atoms with Gasteiger partial charge in [0.1, 0.15) is 0 Å². The van der Waals surface area contributed by atoms with Gasteiger partial charge in [-0.25, -0.2) is 0 Å².